The second kappa shape index (κ2) is 10.8. The van der Waals surface area contributed by atoms with Gasteiger partial charge < -0.3 is 26.0 Å². The van der Waals surface area contributed by atoms with Crippen LogP contribution in [0, 0.1) is 5.92 Å². The Labute approximate surface area is 192 Å². The van der Waals surface area contributed by atoms with Crippen LogP contribution in [-0.2, 0) is 11.3 Å². The number of rotatable bonds is 9. The summed E-state index contributed by atoms with van der Waals surface area (Å²) >= 11 is 3.33. The fourth-order valence-corrected chi connectivity index (χ4v) is 3.21. The van der Waals surface area contributed by atoms with E-state index in [0.29, 0.717) is 10.0 Å². The second-order valence-electron chi connectivity index (χ2n) is 7.20. The van der Waals surface area contributed by atoms with E-state index in [0.717, 1.165) is 11.0 Å². The highest BCUT2D eigenvalue weighted by atomic mass is 79.9. The Morgan fingerprint density at radius 2 is 1.72 bits per heavy atom. The molecule has 2 rings (SSSR count). The van der Waals surface area contributed by atoms with Crippen molar-refractivity contribution in [1.29, 1.82) is 0 Å². The first-order chi connectivity index (χ1) is 15.1. The van der Waals surface area contributed by atoms with Crippen LogP contribution in [0.15, 0.2) is 33.5 Å². The first-order valence-corrected chi connectivity index (χ1v) is 10.6. The summed E-state index contributed by atoms with van der Waals surface area (Å²) in [5.41, 5.74) is -1.95. The Morgan fingerprint density at radius 3 is 2.31 bits per heavy atom. The fourth-order valence-electron chi connectivity index (χ4n) is 2.80. The lowest BCUT2D eigenvalue weighted by Gasteiger charge is -2.18. The Kier molecular flexibility index (Phi) is 8.41. The Balaban J connectivity index is 2.63. The first kappa shape index (κ1) is 24.9. The van der Waals surface area contributed by atoms with E-state index < -0.39 is 52.6 Å². The molecule has 1 heterocycles. The normalized spacial score (nSPS) is 11.6. The van der Waals surface area contributed by atoms with Crippen LogP contribution in [-0.4, -0.2) is 50.8 Å². The molecule has 5 N–H and O–H groups in total. The van der Waals surface area contributed by atoms with E-state index in [1.165, 1.54) is 0 Å². The number of halogens is 1. The minimum absolute atomic E-state index is 0.0963. The van der Waals surface area contributed by atoms with Crippen molar-refractivity contribution in [3.05, 3.63) is 55.8 Å². The number of nitrogens with zero attached hydrogens (tertiary/aromatic N) is 1. The zero-order chi connectivity index (χ0) is 24.0. The predicted octanol–water partition coefficient (Wildman–Crippen LogP) is 1.66. The van der Waals surface area contributed by atoms with Crippen molar-refractivity contribution in [2.75, 3.05) is 13.1 Å². The number of hydrogen-bond acceptors (Lipinski definition) is 6. The number of hydrogen-bond donors (Lipinski definition) is 5. The number of aromatic hydroxyl groups is 2. The van der Waals surface area contributed by atoms with Crippen LogP contribution in [0.5, 0.6) is 11.6 Å². The average molecular weight is 510 g/mol. The Morgan fingerprint density at radius 1 is 1.09 bits per heavy atom. The van der Waals surface area contributed by atoms with E-state index in [-0.39, 0.29) is 19.0 Å². The van der Waals surface area contributed by atoms with Gasteiger partial charge in [-0.25, -0.2) is 0 Å². The molecule has 2 aromatic rings. The standard InChI is InChI=1S/C21H24BrN3O7/c1-3-11(2)8-23-18(29)15-17(28)16(19(30)24-9-14(26)27)21(32)25(20(15)31)10-12-6-4-5-7-13(12)22/h4-7,11,28,32H,3,8-10H2,1-2H3,(H,23,29)(H,24,30)(H,26,27). The highest BCUT2D eigenvalue weighted by molar-refractivity contribution is 9.10. The molecule has 10 nitrogen and oxygen atoms in total. The summed E-state index contributed by atoms with van der Waals surface area (Å²) < 4.78 is 1.38. The van der Waals surface area contributed by atoms with Crippen molar-refractivity contribution in [3.63, 3.8) is 0 Å². The minimum Gasteiger partial charge on any atom is -0.506 e. The molecule has 0 bridgehead atoms. The maximum atomic E-state index is 13.1. The molecule has 1 aromatic carbocycles. The average Bonchev–Trinajstić information content (AvgIpc) is 2.74. The van der Waals surface area contributed by atoms with Gasteiger partial charge in [-0.05, 0) is 17.5 Å². The number of benzene rings is 1. The van der Waals surface area contributed by atoms with Crippen LogP contribution in [0.4, 0.5) is 0 Å². The molecule has 0 saturated carbocycles. The number of carbonyl (C=O) groups excluding carboxylic acids is 2. The third-order valence-electron chi connectivity index (χ3n) is 4.86. The lowest BCUT2D eigenvalue weighted by atomic mass is 10.1. The number of pyridine rings is 1. The quantitative estimate of drug-likeness (QED) is 0.343. The van der Waals surface area contributed by atoms with Gasteiger partial charge in [0.15, 0.2) is 5.75 Å². The Hall–Kier alpha value is -3.34. The minimum atomic E-state index is -1.36. The molecule has 0 spiro atoms. The number of amides is 2. The molecule has 1 unspecified atom stereocenters. The third kappa shape index (κ3) is 5.67. The van der Waals surface area contributed by atoms with Gasteiger partial charge in [-0.2, -0.15) is 0 Å². The lowest BCUT2D eigenvalue weighted by Crippen LogP contribution is -2.37. The number of carboxylic acid groups (broad SMARTS) is 1. The van der Waals surface area contributed by atoms with Crippen LogP contribution >= 0.6 is 15.9 Å². The molecule has 11 heteroatoms. The number of carbonyl (C=O) groups is 3. The lowest BCUT2D eigenvalue weighted by molar-refractivity contribution is -0.135. The second-order valence-corrected chi connectivity index (χ2v) is 8.06. The molecule has 0 aliphatic heterocycles. The SMILES string of the molecule is CCC(C)CNC(=O)c1c(O)c(C(=O)NCC(=O)O)c(O)n(Cc2ccccc2Br)c1=O. The van der Waals surface area contributed by atoms with Gasteiger partial charge in [0.2, 0.25) is 5.88 Å². The topological polar surface area (TPSA) is 158 Å². The van der Waals surface area contributed by atoms with Crippen molar-refractivity contribution in [3.8, 4) is 11.6 Å². The summed E-state index contributed by atoms with van der Waals surface area (Å²) in [7, 11) is 0. The number of aliphatic carboxylic acids is 1. The van der Waals surface area contributed by atoms with Crippen LogP contribution in [0.3, 0.4) is 0 Å². The molecule has 32 heavy (non-hydrogen) atoms. The summed E-state index contributed by atoms with van der Waals surface area (Å²) in [6, 6.07) is 6.81. The highest BCUT2D eigenvalue weighted by Gasteiger charge is 2.30. The van der Waals surface area contributed by atoms with Crippen molar-refractivity contribution >= 4 is 33.7 Å². The molecular formula is C21H24BrN3O7. The van der Waals surface area contributed by atoms with E-state index in [2.05, 4.69) is 21.2 Å². The van der Waals surface area contributed by atoms with Crippen molar-refractivity contribution in [1.82, 2.24) is 15.2 Å². The molecule has 2 amide bonds. The van der Waals surface area contributed by atoms with E-state index in [4.69, 9.17) is 5.11 Å². The molecule has 0 saturated heterocycles. The van der Waals surface area contributed by atoms with Gasteiger partial charge >= 0.3 is 5.97 Å². The van der Waals surface area contributed by atoms with Crippen LogP contribution in [0.2, 0.25) is 0 Å². The van der Waals surface area contributed by atoms with Gasteiger partial charge in [0.05, 0.1) is 6.54 Å². The van der Waals surface area contributed by atoms with Gasteiger partial charge in [-0.3, -0.25) is 23.7 Å². The van der Waals surface area contributed by atoms with Gasteiger partial charge in [-0.15, -0.1) is 0 Å². The van der Waals surface area contributed by atoms with Crippen molar-refractivity contribution in [2.24, 2.45) is 5.92 Å². The van der Waals surface area contributed by atoms with Gasteiger partial charge in [0, 0.05) is 11.0 Å². The monoisotopic (exact) mass is 509 g/mol. The van der Waals surface area contributed by atoms with E-state index in [1.807, 2.05) is 19.2 Å². The van der Waals surface area contributed by atoms with Crippen LogP contribution in [0.1, 0.15) is 46.5 Å². The molecule has 0 fully saturated rings. The maximum absolute atomic E-state index is 13.1. The van der Waals surface area contributed by atoms with Gasteiger partial charge in [-0.1, -0.05) is 54.4 Å². The molecule has 0 aliphatic carbocycles. The zero-order valence-corrected chi connectivity index (χ0v) is 19.1. The highest BCUT2D eigenvalue weighted by Crippen LogP contribution is 2.29. The molecule has 1 aromatic heterocycles. The van der Waals surface area contributed by atoms with Gasteiger partial charge in [0.25, 0.3) is 17.4 Å². The van der Waals surface area contributed by atoms with E-state index in [1.54, 1.807) is 24.3 Å². The molecule has 0 radical (unpaired) electrons. The maximum Gasteiger partial charge on any atom is 0.322 e. The van der Waals surface area contributed by atoms with E-state index in [9.17, 15) is 29.4 Å². The smallest absolute Gasteiger partial charge is 0.322 e. The van der Waals surface area contributed by atoms with Gasteiger partial charge in [0.1, 0.15) is 17.7 Å². The third-order valence-corrected chi connectivity index (χ3v) is 5.63. The van der Waals surface area contributed by atoms with Crippen LogP contribution in [0.25, 0.3) is 0 Å². The summed E-state index contributed by atoms with van der Waals surface area (Å²) in [6.07, 6.45) is 0.761. The summed E-state index contributed by atoms with van der Waals surface area (Å²) in [6.45, 7) is 3.01. The Bertz CT molecular complexity index is 1100. The van der Waals surface area contributed by atoms with Crippen molar-refractivity contribution in [2.45, 2.75) is 26.8 Å². The number of aromatic nitrogens is 1. The number of carboxylic acids is 1. The molecule has 172 valence electrons. The summed E-state index contributed by atoms with van der Waals surface area (Å²) in [5.74, 6) is -5.25. The molecular weight excluding hydrogens is 486 g/mol. The van der Waals surface area contributed by atoms with E-state index >= 15 is 0 Å². The summed E-state index contributed by atoms with van der Waals surface area (Å²) in [4.78, 5) is 49.1. The predicted molar refractivity (Wildman–Crippen MR) is 119 cm³/mol. The molecule has 0 aliphatic rings. The largest absolute Gasteiger partial charge is 0.506 e. The first-order valence-electron chi connectivity index (χ1n) is 9.78. The number of nitrogens with one attached hydrogen (secondary N) is 2. The van der Waals surface area contributed by atoms with Crippen LogP contribution < -0.4 is 16.2 Å². The fraction of sp³-hybridized carbons (Fsp3) is 0.333. The van der Waals surface area contributed by atoms with Crippen molar-refractivity contribution < 1.29 is 29.7 Å². The molecule has 1 atom stereocenters. The zero-order valence-electron chi connectivity index (χ0n) is 17.5. The summed E-state index contributed by atoms with van der Waals surface area (Å²) in [5, 5.41) is 34.6.